The largest absolute Gasteiger partial charge is 0.508 e. The number of fused-ring (bicyclic) bond motifs is 2. The summed E-state index contributed by atoms with van der Waals surface area (Å²) in [7, 11) is 0. The molecular weight excluding hydrogens is 684 g/mol. The second kappa shape index (κ2) is 12.5. The monoisotopic (exact) mass is 714 g/mol. The zero-order valence-electron chi connectivity index (χ0n) is 26.6. The van der Waals surface area contributed by atoms with E-state index in [2.05, 4.69) is 0 Å². The van der Waals surface area contributed by atoms with Crippen LogP contribution in [-0.2, 0) is 11.2 Å². The zero-order chi connectivity index (χ0) is 37.2. The molecule has 52 heavy (non-hydrogen) atoms. The van der Waals surface area contributed by atoms with Gasteiger partial charge in [0.15, 0.2) is 52.5 Å². The van der Waals surface area contributed by atoms with E-state index in [4.69, 9.17) is 14.2 Å². The summed E-state index contributed by atoms with van der Waals surface area (Å²) in [5.74, 6) is -8.04. The van der Waals surface area contributed by atoms with Gasteiger partial charge in [-0.3, -0.25) is 0 Å². The minimum Gasteiger partial charge on any atom is -0.508 e. The summed E-state index contributed by atoms with van der Waals surface area (Å²) < 4.78 is 18.3. The Labute approximate surface area is 292 Å². The van der Waals surface area contributed by atoms with Crippen molar-refractivity contribution in [2.45, 2.75) is 36.8 Å². The maximum absolute atomic E-state index is 13.3. The quantitative estimate of drug-likeness (QED) is 0.0896. The Kier molecular flexibility index (Phi) is 8.06. The van der Waals surface area contributed by atoms with Crippen molar-refractivity contribution in [3.8, 4) is 69.0 Å². The Morgan fingerprint density at radius 2 is 1.23 bits per heavy atom. The second-order valence-electron chi connectivity index (χ2n) is 12.4. The lowest BCUT2D eigenvalue weighted by Gasteiger charge is -2.40. The molecule has 5 aromatic carbocycles. The number of rotatable bonds is 5. The van der Waals surface area contributed by atoms with Crippen LogP contribution >= 0.6 is 0 Å². The molecule has 0 radical (unpaired) electrons. The molecule has 0 aliphatic carbocycles. The van der Waals surface area contributed by atoms with Gasteiger partial charge in [0, 0.05) is 46.7 Å². The maximum Gasteiger partial charge on any atom is 0.338 e. The molecule has 0 spiro atoms. The van der Waals surface area contributed by atoms with Gasteiger partial charge in [-0.1, -0.05) is 18.2 Å². The van der Waals surface area contributed by atoms with Gasteiger partial charge in [-0.25, -0.2) is 4.79 Å². The average molecular weight is 715 g/mol. The highest BCUT2D eigenvalue weighted by molar-refractivity contribution is 5.91. The number of phenols is 10. The van der Waals surface area contributed by atoms with Crippen molar-refractivity contribution in [2.75, 3.05) is 0 Å². The van der Waals surface area contributed by atoms with E-state index < -0.39 is 88.0 Å². The Hall–Kier alpha value is -6.87. The molecule has 0 bridgehead atoms. The molecule has 11 N–H and O–H groups in total. The first-order valence-electron chi connectivity index (χ1n) is 15.6. The van der Waals surface area contributed by atoms with Crippen LogP contribution < -0.4 is 9.47 Å². The van der Waals surface area contributed by atoms with Crippen molar-refractivity contribution in [1.29, 1.82) is 0 Å². The van der Waals surface area contributed by atoms with E-state index in [0.717, 1.165) is 30.3 Å². The predicted molar refractivity (Wildman–Crippen MR) is 176 cm³/mol. The highest BCUT2D eigenvalue weighted by Gasteiger charge is 2.46. The van der Waals surface area contributed by atoms with E-state index in [-0.39, 0.29) is 57.1 Å². The predicted octanol–water partition coefficient (Wildman–Crippen LogP) is 4.27. The van der Waals surface area contributed by atoms with E-state index in [9.17, 15) is 61.0 Å². The smallest absolute Gasteiger partial charge is 0.338 e. The molecule has 2 aliphatic heterocycles. The van der Waals surface area contributed by atoms with Crippen molar-refractivity contribution in [2.24, 2.45) is 0 Å². The number of hydrogen-bond acceptors (Lipinski definition) is 15. The van der Waals surface area contributed by atoms with Crippen LogP contribution in [0.3, 0.4) is 0 Å². The molecular formula is C37H30O15. The molecule has 5 aromatic rings. The summed E-state index contributed by atoms with van der Waals surface area (Å²) in [5, 5.41) is 115. The van der Waals surface area contributed by atoms with Crippen LogP contribution in [0.15, 0.2) is 72.8 Å². The number of aliphatic hydroxyl groups excluding tert-OH is 1. The zero-order valence-corrected chi connectivity index (χ0v) is 26.6. The second-order valence-corrected chi connectivity index (χ2v) is 12.4. The number of hydrogen-bond donors (Lipinski definition) is 11. The van der Waals surface area contributed by atoms with Crippen LogP contribution in [0.1, 0.15) is 56.3 Å². The van der Waals surface area contributed by atoms with E-state index >= 15 is 0 Å². The van der Waals surface area contributed by atoms with Gasteiger partial charge in [-0.05, 0) is 48.0 Å². The topological polar surface area (TPSA) is 267 Å². The summed E-state index contributed by atoms with van der Waals surface area (Å²) in [6.45, 7) is 0. The number of esters is 1. The molecule has 5 atom stereocenters. The van der Waals surface area contributed by atoms with E-state index in [1.165, 1.54) is 42.5 Å². The lowest BCUT2D eigenvalue weighted by Crippen LogP contribution is -2.38. The Bertz CT molecular complexity index is 2230. The molecule has 2 heterocycles. The molecule has 0 saturated carbocycles. The molecule has 0 amide bonds. The summed E-state index contributed by atoms with van der Waals surface area (Å²) in [5.41, 5.74) is 0.229. The summed E-state index contributed by atoms with van der Waals surface area (Å²) >= 11 is 0. The fraction of sp³-hybridized carbons (Fsp3) is 0.162. The highest BCUT2D eigenvalue weighted by Crippen LogP contribution is 2.55. The SMILES string of the molecule is O=C(O[C@@H]1Cc2c(O)cc(O)c([C@@H]3c4ccc(O)cc4O[C@H](c4ccc(O)c(O)c4)[C@H]3O)c2O[C@@H]1c1ccc(O)c(O)c1)c1cc(O)c(O)c(O)c1. The van der Waals surface area contributed by atoms with Gasteiger partial charge in [0.25, 0.3) is 0 Å². The highest BCUT2D eigenvalue weighted by atomic mass is 16.6. The number of benzene rings is 5. The number of phenolic OH excluding ortho intramolecular Hbond substituents is 10. The molecule has 0 aromatic heterocycles. The average Bonchev–Trinajstić information content (AvgIpc) is 3.10. The van der Waals surface area contributed by atoms with Gasteiger partial charge in [0.1, 0.15) is 41.0 Å². The first-order chi connectivity index (χ1) is 24.7. The van der Waals surface area contributed by atoms with Crippen LogP contribution in [0.2, 0.25) is 0 Å². The van der Waals surface area contributed by atoms with Gasteiger partial charge < -0.3 is 70.4 Å². The van der Waals surface area contributed by atoms with E-state index in [1.807, 2.05) is 0 Å². The van der Waals surface area contributed by atoms with Crippen LogP contribution in [-0.4, -0.2) is 74.3 Å². The third-order valence-corrected chi connectivity index (χ3v) is 9.13. The van der Waals surface area contributed by atoms with Gasteiger partial charge in [-0.2, -0.15) is 0 Å². The fourth-order valence-corrected chi connectivity index (χ4v) is 6.62. The third-order valence-electron chi connectivity index (χ3n) is 9.13. The molecule has 2 aliphatic rings. The molecule has 15 heteroatoms. The molecule has 268 valence electrons. The van der Waals surface area contributed by atoms with Crippen molar-refractivity contribution in [3.05, 3.63) is 106 Å². The Morgan fingerprint density at radius 3 is 1.85 bits per heavy atom. The van der Waals surface area contributed by atoms with Crippen molar-refractivity contribution >= 4 is 5.97 Å². The van der Waals surface area contributed by atoms with Crippen molar-refractivity contribution in [1.82, 2.24) is 0 Å². The Morgan fingerprint density at radius 1 is 0.615 bits per heavy atom. The first kappa shape index (κ1) is 33.6. The third kappa shape index (κ3) is 5.68. The van der Waals surface area contributed by atoms with Gasteiger partial charge >= 0.3 is 5.97 Å². The molecule has 7 rings (SSSR count). The summed E-state index contributed by atoms with van der Waals surface area (Å²) in [6, 6.07) is 14.2. The molecule has 15 nitrogen and oxygen atoms in total. The molecule has 0 unspecified atom stereocenters. The minimum atomic E-state index is -1.55. The van der Waals surface area contributed by atoms with Gasteiger partial charge in [0.2, 0.25) is 0 Å². The lowest BCUT2D eigenvalue weighted by molar-refractivity contribution is -0.0210. The normalized spacial score (nSPS) is 20.5. The van der Waals surface area contributed by atoms with Crippen LogP contribution in [0.4, 0.5) is 0 Å². The fourth-order valence-electron chi connectivity index (χ4n) is 6.62. The van der Waals surface area contributed by atoms with E-state index in [0.29, 0.717) is 0 Å². The summed E-state index contributed by atoms with van der Waals surface area (Å²) in [4.78, 5) is 13.3. The number of carbonyl (C=O) groups is 1. The molecule has 0 fully saturated rings. The molecule has 0 saturated heterocycles. The van der Waals surface area contributed by atoms with Crippen LogP contribution in [0.5, 0.6) is 69.0 Å². The Balaban J connectivity index is 1.37. The van der Waals surface area contributed by atoms with E-state index in [1.54, 1.807) is 0 Å². The van der Waals surface area contributed by atoms with Crippen LogP contribution in [0.25, 0.3) is 0 Å². The number of carbonyl (C=O) groups excluding carboxylic acids is 1. The number of ether oxygens (including phenoxy) is 3. The number of aromatic hydroxyl groups is 10. The van der Waals surface area contributed by atoms with Crippen molar-refractivity contribution in [3.63, 3.8) is 0 Å². The van der Waals surface area contributed by atoms with Gasteiger partial charge in [0.05, 0.1) is 5.56 Å². The first-order valence-corrected chi connectivity index (χ1v) is 15.6. The minimum absolute atomic E-state index is 0.0131. The maximum atomic E-state index is 13.3. The standard InChI is InChI=1S/C37H30O15/c38-17-3-4-18-28(11-17)50-35(15-2-6-21(40)24(43)8-15)33(48)30(18)31-25(44)13-22(41)19-12-29(51-37(49)16-9-26(45)32(47)27(46)10-16)34(52-36(19)31)14-1-5-20(39)23(42)7-14/h1-11,13,29-30,33-35,38-48H,12H2/t29-,30+,33+,34-,35-/m1/s1. The van der Waals surface area contributed by atoms with Gasteiger partial charge in [-0.15, -0.1) is 0 Å². The van der Waals surface area contributed by atoms with Crippen molar-refractivity contribution < 1.29 is 75.2 Å². The summed E-state index contributed by atoms with van der Waals surface area (Å²) in [6.07, 6.45) is -5.76. The van der Waals surface area contributed by atoms with Crippen LogP contribution in [0, 0.1) is 0 Å². The lowest BCUT2D eigenvalue weighted by atomic mass is 9.77. The number of aliphatic hydroxyl groups is 1.